The van der Waals surface area contributed by atoms with Gasteiger partial charge in [-0.25, -0.2) is 0 Å². The molecule has 2 heteroatoms. The second-order valence-electron chi connectivity index (χ2n) is 3.85. The SMILES string of the molecule is C1=CC(=C2[N-][C@H](c3ccccc3)CO2)C=C1. The zero-order chi connectivity index (χ0) is 10.8. The van der Waals surface area contributed by atoms with Crippen LogP contribution in [0.15, 0.2) is 66.1 Å². The predicted molar refractivity (Wildman–Crippen MR) is 63.8 cm³/mol. The van der Waals surface area contributed by atoms with Crippen LogP contribution in [0.5, 0.6) is 0 Å². The van der Waals surface area contributed by atoms with Gasteiger partial charge in [0.2, 0.25) is 0 Å². The Bertz CT molecular complexity index is 457. The molecule has 1 aromatic carbocycles. The summed E-state index contributed by atoms with van der Waals surface area (Å²) in [6.45, 7) is 0.643. The summed E-state index contributed by atoms with van der Waals surface area (Å²) >= 11 is 0. The fraction of sp³-hybridized carbons (Fsp3) is 0.143. The molecule has 0 aromatic heterocycles. The third-order valence-electron chi connectivity index (χ3n) is 2.74. The van der Waals surface area contributed by atoms with Crippen molar-refractivity contribution in [2.24, 2.45) is 0 Å². The fourth-order valence-corrected chi connectivity index (χ4v) is 1.89. The molecule has 0 amide bonds. The van der Waals surface area contributed by atoms with Crippen LogP contribution in [0.25, 0.3) is 5.32 Å². The Morgan fingerprint density at radius 2 is 1.81 bits per heavy atom. The second-order valence-corrected chi connectivity index (χ2v) is 3.85. The Morgan fingerprint density at radius 1 is 1.06 bits per heavy atom. The smallest absolute Gasteiger partial charge is 0.0764 e. The van der Waals surface area contributed by atoms with Gasteiger partial charge in [0.15, 0.2) is 0 Å². The molecule has 0 radical (unpaired) electrons. The minimum absolute atomic E-state index is 0.145. The summed E-state index contributed by atoms with van der Waals surface area (Å²) in [6.07, 6.45) is 8.03. The Balaban J connectivity index is 1.82. The van der Waals surface area contributed by atoms with E-state index in [1.54, 1.807) is 0 Å². The van der Waals surface area contributed by atoms with E-state index in [4.69, 9.17) is 4.74 Å². The molecule has 0 spiro atoms. The van der Waals surface area contributed by atoms with Crippen LogP contribution in [0.3, 0.4) is 0 Å². The maximum absolute atomic E-state index is 5.61. The van der Waals surface area contributed by atoms with Gasteiger partial charge < -0.3 is 10.1 Å². The third kappa shape index (κ3) is 1.63. The average molecular weight is 210 g/mol. The van der Waals surface area contributed by atoms with E-state index in [1.165, 1.54) is 5.56 Å². The molecule has 0 N–H and O–H groups in total. The molecule has 2 aliphatic rings. The van der Waals surface area contributed by atoms with E-state index in [9.17, 15) is 0 Å². The minimum atomic E-state index is 0.145. The van der Waals surface area contributed by atoms with Crippen molar-refractivity contribution in [3.8, 4) is 0 Å². The normalized spacial score (nSPS) is 22.4. The molecule has 1 fully saturated rings. The van der Waals surface area contributed by atoms with Crippen LogP contribution in [0, 0.1) is 0 Å². The largest absolute Gasteiger partial charge is 0.645 e. The van der Waals surface area contributed by atoms with Crippen molar-refractivity contribution in [3.05, 3.63) is 77.0 Å². The van der Waals surface area contributed by atoms with Crippen LogP contribution in [0.2, 0.25) is 0 Å². The maximum atomic E-state index is 5.61. The molecule has 1 heterocycles. The first-order valence-electron chi connectivity index (χ1n) is 5.41. The van der Waals surface area contributed by atoms with Gasteiger partial charge in [0.25, 0.3) is 0 Å². The summed E-state index contributed by atoms with van der Waals surface area (Å²) in [5.41, 5.74) is 2.28. The minimum Gasteiger partial charge on any atom is -0.645 e. The van der Waals surface area contributed by atoms with Gasteiger partial charge >= 0.3 is 0 Å². The van der Waals surface area contributed by atoms with E-state index >= 15 is 0 Å². The van der Waals surface area contributed by atoms with Crippen molar-refractivity contribution >= 4 is 0 Å². The first kappa shape index (κ1) is 9.28. The highest BCUT2D eigenvalue weighted by Gasteiger charge is 2.12. The Morgan fingerprint density at radius 3 is 2.56 bits per heavy atom. The number of ether oxygens (including phenoxy) is 1. The maximum Gasteiger partial charge on any atom is 0.0764 e. The van der Waals surface area contributed by atoms with Crippen LogP contribution in [-0.4, -0.2) is 6.61 Å². The van der Waals surface area contributed by atoms with E-state index in [-0.39, 0.29) is 6.04 Å². The number of nitrogens with zero attached hydrogens (tertiary/aromatic N) is 1. The lowest BCUT2D eigenvalue weighted by Crippen LogP contribution is -1.94. The lowest BCUT2D eigenvalue weighted by molar-refractivity contribution is 0.255. The number of rotatable bonds is 1. The Labute approximate surface area is 94.9 Å². The van der Waals surface area contributed by atoms with Gasteiger partial charge in [0.1, 0.15) is 0 Å². The average Bonchev–Trinajstić information content (AvgIpc) is 3.01. The first-order valence-corrected chi connectivity index (χ1v) is 5.41. The zero-order valence-electron chi connectivity index (χ0n) is 8.84. The molecule has 1 aliphatic heterocycles. The molecular weight excluding hydrogens is 198 g/mol. The van der Waals surface area contributed by atoms with E-state index < -0.39 is 0 Å². The quantitative estimate of drug-likeness (QED) is 0.696. The highest BCUT2D eigenvalue weighted by molar-refractivity contribution is 5.47. The molecule has 2 nitrogen and oxygen atoms in total. The fourth-order valence-electron chi connectivity index (χ4n) is 1.89. The topological polar surface area (TPSA) is 23.3 Å². The number of hydrogen-bond donors (Lipinski definition) is 0. The molecule has 1 saturated heterocycles. The summed E-state index contributed by atoms with van der Waals surface area (Å²) in [7, 11) is 0. The molecule has 1 atom stereocenters. The number of hydrogen-bond acceptors (Lipinski definition) is 1. The molecule has 0 bridgehead atoms. The molecule has 1 aromatic rings. The van der Waals surface area contributed by atoms with E-state index in [1.807, 2.05) is 42.5 Å². The monoisotopic (exact) mass is 210 g/mol. The van der Waals surface area contributed by atoms with E-state index in [0.29, 0.717) is 6.61 Å². The molecule has 80 valence electrons. The van der Waals surface area contributed by atoms with Crippen molar-refractivity contribution in [1.29, 1.82) is 0 Å². The van der Waals surface area contributed by atoms with Gasteiger partial charge in [-0.1, -0.05) is 66.2 Å². The second kappa shape index (κ2) is 3.89. The van der Waals surface area contributed by atoms with Gasteiger partial charge in [-0.2, -0.15) is 0 Å². The van der Waals surface area contributed by atoms with Crippen LogP contribution in [0.4, 0.5) is 0 Å². The van der Waals surface area contributed by atoms with Crippen molar-refractivity contribution in [3.63, 3.8) is 0 Å². The van der Waals surface area contributed by atoms with Gasteiger partial charge in [-0.3, -0.25) is 0 Å². The predicted octanol–water partition coefficient (Wildman–Crippen LogP) is 3.47. The van der Waals surface area contributed by atoms with Gasteiger partial charge in [0, 0.05) is 5.88 Å². The summed E-state index contributed by atoms with van der Waals surface area (Å²) in [6, 6.07) is 10.4. The van der Waals surface area contributed by atoms with Gasteiger partial charge in [0.05, 0.1) is 6.61 Å². The lowest BCUT2D eigenvalue weighted by atomic mass is 10.1. The highest BCUT2D eigenvalue weighted by atomic mass is 16.5. The van der Waals surface area contributed by atoms with Crippen LogP contribution >= 0.6 is 0 Å². The number of benzene rings is 1. The van der Waals surface area contributed by atoms with Crippen molar-refractivity contribution in [2.45, 2.75) is 6.04 Å². The van der Waals surface area contributed by atoms with Crippen molar-refractivity contribution in [1.82, 2.24) is 0 Å². The van der Waals surface area contributed by atoms with Crippen molar-refractivity contribution < 1.29 is 4.74 Å². The molecular formula is C14H12NO-. The van der Waals surface area contributed by atoms with Crippen LogP contribution in [0.1, 0.15) is 11.6 Å². The molecule has 1 aliphatic carbocycles. The van der Waals surface area contributed by atoms with Gasteiger partial charge in [-0.15, -0.1) is 0 Å². The summed E-state index contributed by atoms with van der Waals surface area (Å²) < 4.78 is 5.61. The summed E-state index contributed by atoms with van der Waals surface area (Å²) in [5.74, 6) is 0.763. The summed E-state index contributed by atoms with van der Waals surface area (Å²) in [4.78, 5) is 0. The Hall–Kier alpha value is -1.96. The molecule has 0 saturated carbocycles. The number of allylic oxidation sites excluding steroid dienone is 5. The zero-order valence-corrected chi connectivity index (χ0v) is 8.84. The molecule has 0 unspecified atom stereocenters. The summed E-state index contributed by atoms with van der Waals surface area (Å²) in [5, 5.41) is 4.60. The van der Waals surface area contributed by atoms with Crippen LogP contribution < -0.4 is 0 Å². The first-order chi connectivity index (χ1) is 7.93. The van der Waals surface area contributed by atoms with E-state index in [2.05, 4.69) is 17.4 Å². The van der Waals surface area contributed by atoms with Crippen LogP contribution in [-0.2, 0) is 4.74 Å². The molecule has 3 rings (SSSR count). The lowest BCUT2D eigenvalue weighted by Gasteiger charge is -2.21. The highest BCUT2D eigenvalue weighted by Crippen LogP contribution is 2.36. The molecule has 16 heavy (non-hydrogen) atoms. The Kier molecular flexibility index (Phi) is 2.26. The van der Waals surface area contributed by atoms with Gasteiger partial charge in [-0.05, 0) is 5.57 Å². The third-order valence-corrected chi connectivity index (χ3v) is 2.74. The van der Waals surface area contributed by atoms with E-state index in [0.717, 1.165) is 11.5 Å². The van der Waals surface area contributed by atoms with Crippen molar-refractivity contribution in [2.75, 3.05) is 6.61 Å². The standard InChI is InChI=1S/C14H12NO/c1-2-6-11(7-3-1)13-10-16-14(15-13)12-8-4-5-9-12/h1-9,13H,10H2/q-1/t13-/m0/s1.